The molecule has 0 aromatic heterocycles. The van der Waals surface area contributed by atoms with Gasteiger partial charge in [0, 0.05) is 23.3 Å². The summed E-state index contributed by atoms with van der Waals surface area (Å²) in [4.78, 5) is 11.6. The Hall–Kier alpha value is -1.69. The number of hydrogen-bond donors (Lipinski definition) is 1. The topological polar surface area (TPSA) is 40.5 Å². The fourth-order valence-corrected chi connectivity index (χ4v) is 1.84. The number of alkyl halides is 3. The van der Waals surface area contributed by atoms with Gasteiger partial charge in [0.05, 0.1) is 0 Å². The molecule has 7 heteroatoms. The molecule has 0 aliphatic heterocycles. The highest BCUT2D eigenvalue weighted by Crippen LogP contribution is 2.29. The van der Waals surface area contributed by atoms with E-state index in [4.69, 9.17) is 16.7 Å². The van der Waals surface area contributed by atoms with Gasteiger partial charge < -0.3 is 10.0 Å². The maximum absolute atomic E-state index is 12.5. The van der Waals surface area contributed by atoms with E-state index in [2.05, 4.69) is 0 Å². The van der Waals surface area contributed by atoms with Crippen LogP contribution in [0, 0.1) is 0 Å². The summed E-state index contributed by atoms with van der Waals surface area (Å²) in [5.74, 6) is -1.18. The Morgan fingerprint density at radius 3 is 2.60 bits per heavy atom. The van der Waals surface area contributed by atoms with Crippen molar-refractivity contribution in [2.24, 2.45) is 0 Å². The minimum atomic E-state index is -4.36. The van der Waals surface area contributed by atoms with Crippen LogP contribution >= 0.6 is 11.6 Å². The van der Waals surface area contributed by atoms with E-state index in [1.165, 1.54) is 24.3 Å². The van der Waals surface area contributed by atoms with Crippen LogP contribution in [0.25, 0.3) is 6.08 Å². The number of aliphatic carboxylic acids is 1. The van der Waals surface area contributed by atoms with Crippen LogP contribution in [-0.2, 0) is 4.79 Å². The molecule has 1 aromatic carbocycles. The SMILES string of the molecule is CCN(CC(F)(F)F)c1cc(Cl)ccc1/C=C/C(=O)O. The van der Waals surface area contributed by atoms with Crippen LogP contribution < -0.4 is 4.90 Å². The molecule has 1 N–H and O–H groups in total. The number of carboxylic acids is 1. The first kappa shape index (κ1) is 16.4. The average Bonchev–Trinajstić information content (AvgIpc) is 2.33. The fraction of sp³-hybridized carbons (Fsp3) is 0.308. The van der Waals surface area contributed by atoms with Gasteiger partial charge in [0.25, 0.3) is 0 Å². The average molecular weight is 308 g/mol. The molecule has 0 saturated heterocycles. The summed E-state index contributed by atoms with van der Waals surface area (Å²) < 4.78 is 37.6. The van der Waals surface area contributed by atoms with Crippen LogP contribution in [0.5, 0.6) is 0 Å². The Bertz CT molecular complexity index is 515. The molecular formula is C13H13ClF3NO2. The van der Waals surface area contributed by atoms with Crippen molar-refractivity contribution < 1.29 is 23.1 Å². The lowest BCUT2D eigenvalue weighted by atomic mass is 10.1. The van der Waals surface area contributed by atoms with Crippen molar-refractivity contribution in [1.29, 1.82) is 0 Å². The van der Waals surface area contributed by atoms with Crippen molar-refractivity contribution >= 4 is 29.3 Å². The Kier molecular flexibility index (Phi) is 5.44. The molecule has 1 aromatic rings. The highest BCUT2D eigenvalue weighted by Gasteiger charge is 2.30. The maximum atomic E-state index is 12.5. The lowest BCUT2D eigenvalue weighted by Gasteiger charge is -2.26. The van der Waals surface area contributed by atoms with Gasteiger partial charge in [-0.25, -0.2) is 4.79 Å². The molecule has 0 amide bonds. The van der Waals surface area contributed by atoms with Crippen molar-refractivity contribution in [2.75, 3.05) is 18.0 Å². The zero-order valence-electron chi connectivity index (χ0n) is 10.6. The van der Waals surface area contributed by atoms with Gasteiger partial charge >= 0.3 is 12.1 Å². The number of nitrogens with zero attached hydrogens (tertiary/aromatic N) is 1. The lowest BCUT2D eigenvalue weighted by Crippen LogP contribution is -2.34. The second-order valence-corrected chi connectivity index (χ2v) is 4.44. The highest BCUT2D eigenvalue weighted by molar-refractivity contribution is 6.31. The van der Waals surface area contributed by atoms with Crippen LogP contribution in [0.2, 0.25) is 5.02 Å². The fourth-order valence-electron chi connectivity index (χ4n) is 1.68. The van der Waals surface area contributed by atoms with E-state index < -0.39 is 18.7 Å². The molecule has 0 radical (unpaired) electrons. The third kappa shape index (κ3) is 5.13. The third-order valence-electron chi connectivity index (χ3n) is 2.49. The van der Waals surface area contributed by atoms with Gasteiger partial charge in [0.1, 0.15) is 6.54 Å². The van der Waals surface area contributed by atoms with Gasteiger partial charge in [0.15, 0.2) is 0 Å². The van der Waals surface area contributed by atoms with Crippen LogP contribution in [0.1, 0.15) is 12.5 Å². The van der Waals surface area contributed by atoms with Gasteiger partial charge in [-0.1, -0.05) is 17.7 Å². The minimum absolute atomic E-state index is 0.119. The number of benzene rings is 1. The number of hydrogen-bond acceptors (Lipinski definition) is 2. The van der Waals surface area contributed by atoms with E-state index in [1.807, 2.05) is 0 Å². The molecular weight excluding hydrogens is 295 g/mol. The Labute approximate surface area is 119 Å². The van der Waals surface area contributed by atoms with Crippen molar-refractivity contribution in [1.82, 2.24) is 0 Å². The second kappa shape index (κ2) is 6.65. The zero-order valence-corrected chi connectivity index (χ0v) is 11.4. The molecule has 0 spiro atoms. The monoisotopic (exact) mass is 307 g/mol. The quantitative estimate of drug-likeness (QED) is 0.841. The first-order chi connectivity index (χ1) is 9.23. The van der Waals surface area contributed by atoms with Crippen LogP contribution in [0.4, 0.5) is 18.9 Å². The summed E-state index contributed by atoms with van der Waals surface area (Å²) in [6.45, 7) is 0.572. The molecule has 0 aliphatic rings. The van der Waals surface area contributed by atoms with E-state index in [9.17, 15) is 18.0 Å². The molecule has 20 heavy (non-hydrogen) atoms. The minimum Gasteiger partial charge on any atom is -0.478 e. The number of rotatable bonds is 5. The first-order valence-electron chi connectivity index (χ1n) is 5.75. The number of anilines is 1. The standard InChI is InChI=1S/C13H13ClF3NO2/c1-2-18(8-13(15,16)17)11-7-10(14)5-3-9(11)4-6-12(19)20/h3-7H,2,8H2,1H3,(H,19,20)/b6-4+. The number of carbonyl (C=O) groups is 1. The Morgan fingerprint density at radius 1 is 1.45 bits per heavy atom. The molecule has 0 atom stereocenters. The largest absolute Gasteiger partial charge is 0.478 e. The number of halogens is 4. The molecule has 0 heterocycles. The van der Waals surface area contributed by atoms with Crippen LogP contribution in [-0.4, -0.2) is 30.3 Å². The summed E-state index contributed by atoms with van der Waals surface area (Å²) >= 11 is 5.80. The van der Waals surface area contributed by atoms with E-state index in [-0.39, 0.29) is 17.3 Å². The van der Waals surface area contributed by atoms with Gasteiger partial charge in [-0.3, -0.25) is 0 Å². The zero-order chi connectivity index (χ0) is 15.3. The maximum Gasteiger partial charge on any atom is 0.405 e. The lowest BCUT2D eigenvalue weighted by molar-refractivity contribution is -0.131. The van der Waals surface area contributed by atoms with Crippen molar-refractivity contribution in [3.05, 3.63) is 34.9 Å². The molecule has 0 aliphatic carbocycles. The number of carboxylic acid groups (broad SMARTS) is 1. The summed E-state index contributed by atoms with van der Waals surface area (Å²) in [7, 11) is 0. The first-order valence-corrected chi connectivity index (χ1v) is 6.13. The van der Waals surface area contributed by atoms with Crippen LogP contribution in [0.3, 0.4) is 0 Å². The van der Waals surface area contributed by atoms with Gasteiger partial charge in [-0.15, -0.1) is 0 Å². The molecule has 3 nitrogen and oxygen atoms in total. The molecule has 0 saturated carbocycles. The third-order valence-corrected chi connectivity index (χ3v) is 2.73. The molecule has 0 bridgehead atoms. The van der Waals surface area contributed by atoms with Crippen molar-refractivity contribution in [3.63, 3.8) is 0 Å². The Morgan fingerprint density at radius 2 is 2.10 bits per heavy atom. The molecule has 0 fully saturated rings. The summed E-state index contributed by atoms with van der Waals surface area (Å²) in [5, 5.41) is 8.88. The molecule has 0 unspecified atom stereocenters. The van der Waals surface area contributed by atoms with Crippen molar-refractivity contribution in [2.45, 2.75) is 13.1 Å². The van der Waals surface area contributed by atoms with E-state index in [0.717, 1.165) is 11.0 Å². The van der Waals surface area contributed by atoms with Gasteiger partial charge in [-0.2, -0.15) is 13.2 Å². The predicted octanol–water partition coefficient (Wildman–Crippen LogP) is 3.83. The summed E-state index contributed by atoms with van der Waals surface area (Å²) in [6.07, 6.45) is -2.24. The van der Waals surface area contributed by atoms with Gasteiger partial charge in [-0.05, 0) is 30.7 Å². The molecule has 110 valence electrons. The molecule has 1 rings (SSSR count). The van der Waals surface area contributed by atoms with E-state index >= 15 is 0 Å². The van der Waals surface area contributed by atoms with E-state index in [0.29, 0.717) is 5.56 Å². The Balaban J connectivity index is 3.18. The van der Waals surface area contributed by atoms with Crippen molar-refractivity contribution in [3.8, 4) is 0 Å². The van der Waals surface area contributed by atoms with E-state index in [1.54, 1.807) is 6.92 Å². The summed E-state index contributed by atoms with van der Waals surface area (Å²) in [6, 6.07) is 4.36. The summed E-state index contributed by atoms with van der Waals surface area (Å²) in [5.41, 5.74) is 0.609. The second-order valence-electron chi connectivity index (χ2n) is 4.00. The smallest absolute Gasteiger partial charge is 0.405 e. The van der Waals surface area contributed by atoms with Crippen LogP contribution in [0.15, 0.2) is 24.3 Å². The highest BCUT2D eigenvalue weighted by atomic mass is 35.5. The predicted molar refractivity (Wildman–Crippen MR) is 72.1 cm³/mol. The van der Waals surface area contributed by atoms with Gasteiger partial charge in [0.2, 0.25) is 0 Å². The normalized spacial score (nSPS) is 11.8.